The van der Waals surface area contributed by atoms with Crippen LogP contribution >= 0.6 is 0 Å². The van der Waals surface area contributed by atoms with Gasteiger partial charge in [0.1, 0.15) is 5.76 Å². The summed E-state index contributed by atoms with van der Waals surface area (Å²) in [7, 11) is 0. The Bertz CT molecular complexity index is 509. The number of carbonyl (C=O) groups is 1. The van der Waals surface area contributed by atoms with E-state index < -0.39 is 0 Å². The zero-order valence-corrected chi connectivity index (χ0v) is 10.1. The molecule has 1 heterocycles. The standard InChI is InChI=1S/C13H14N2O3/c1-2-17-13(16)11-5-3-4-6-12(11)15-8-10-7-14-9-18-10/h3-7,9,15H,2,8H2,1H3. The lowest BCUT2D eigenvalue weighted by molar-refractivity contribution is 0.0527. The second-order valence-corrected chi connectivity index (χ2v) is 3.59. The number of nitrogens with one attached hydrogen (secondary N) is 1. The number of esters is 1. The van der Waals surface area contributed by atoms with E-state index >= 15 is 0 Å². The van der Waals surface area contributed by atoms with E-state index in [1.807, 2.05) is 12.1 Å². The summed E-state index contributed by atoms with van der Waals surface area (Å²) in [6.07, 6.45) is 2.99. The van der Waals surface area contributed by atoms with E-state index in [0.717, 1.165) is 0 Å². The minimum Gasteiger partial charge on any atom is -0.462 e. The summed E-state index contributed by atoms with van der Waals surface area (Å²) in [5.74, 6) is 0.367. The Balaban J connectivity index is 2.09. The zero-order chi connectivity index (χ0) is 12.8. The first-order valence-electron chi connectivity index (χ1n) is 5.68. The van der Waals surface area contributed by atoms with Crippen molar-refractivity contribution in [1.29, 1.82) is 0 Å². The molecule has 18 heavy (non-hydrogen) atoms. The molecule has 1 N–H and O–H groups in total. The minimum absolute atomic E-state index is 0.335. The van der Waals surface area contributed by atoms with E-state index in [-0.39, 0.29) is 5.97 Å². The monoisotopic (exact) mass is 246 g/mol. The summed E-state index contributed by atoms with van der Waals surface area (Å²) in [6, 6.07) is 7.20. The Morgan fingerprint density at radius 2 is 2.28 bits per heavy atom. The van der Waals surface area contributed by atoms with Crippen molar-refractivity contribution >= 4 is 11.7 Å². The lowest BCUT2D eigenvalue weighted by Gasteiger charge is -2.09. The maximum atomic E-state index is 11.7. The Labute approximate surface area is 105 Å². The van der Waals surface area contributed by atoms with E-state index in [4.69, 9.17) is 9.15 Å². The Morgan fingerprint density at radius 1 is 1.44 bits per heavy atom. The van der Waals surface area contributed by atoms with Crippen LogP contribution in [0.5, 0.6) is 0 Å². The zero-order valence-electron chi connectivity index (χ0n) is 10.1. The van der Waals surface area contributed by atoms with Gasteiger partial charge in [-0.15, -0.1) is 0 Å². The third kappa shape index (κ3) is 2.88. The number of para-hydroxylation sites is 1. The molecule has 0 aliphatic rings. The van der Waals surface area contributed by atoms with Gasteiger partial charge >= 0.3 is 5.97 Å². The smallest absolute Gasteiger partial charge is 0.340 e. The maximum Gasteiger partial charge on any atom is 0.340 e. The van der Waals surface area contributed by atoms with Gasteiger partial charge in [0, 0.05) is 5.69 Å². The topological polar surface area (TPSA) is 64.4 Å². The predicted molar refractivity (Wildman–Crippen MR) is 66.2 cm³/mol. The number of rotatable bonds is 5. The van der Waals surface area contributed by atoms with Crippen LogP contribution in [-0.2, 0) is 11.3 Å². The molecule has 0 spiro atoms. The maximum absolute atomic E-state index is 11.7. The molecular formula is C13H14N2O3. The summed E-state index contributed by atoms with van der Waals surface area (Å²) in [6.45, 7) is 2.61. The SMILES string of the molecule is CCOC(=O)c1ccccc1NCc1cnco1. The van der Waals surface area contributed by atoms with Gasteiger partial charge in [-0.2, -0.15) is 0 Å². The molecule has 5 nitrogen and oxygen atoms in total. The summed E-state index contributed by atoms with van der Waals surface area (Å²) >= 11 is 0. The number of hydrogen-bond donors (Lipinski definition) is 1. The highest BCUT2D eigenvalue weighted by Gasteiger charge is 2.11. The van der Waals surface area contributed by atoms with Gasteiger partial charge in [0.05, 0.1) is 24.9 Å². The van der Waals surface area contributed by atoms with E-state index in [0.29, 0.717) is 30.2 Å². The molecule has 0 atom stereocenters. The molecule has 1 aromatic carbocycles. The van der Waals surface area contributed by atoms with E-state index in [1.165, 1.54) is 6.39 Å². The van der Waals surface area contributed by atoms with Crippen molar-refractivity contribution in [2.45, 2.75) is 13.5 Å². The predicted octanol–water partition coefficient (Wildman–Crippen LogP) is 2.46. The normalized spacial score (nSPS) is 10.1. The van der Waals surface area contributed by atoms with Crippen LogP contribution in [-0.4, -0.2) is 17.6 Å². The van der Waals surface area contributed by atoms with Gasteiger partial charge < -0.3 is 14.5 Å². The van der Waals surface area contributed by atoms with Crippen molar-refractivity contribution in [3.63, 3.8) is 0 Å². The summed E-state index contributed by atoms with van der Waals surface area (Å²) in [4.78, 5) is 15.6. The van der Waals surface area contributed by atoms with E-state index in [9.17, 15) is 4.79 Å². The number of anilines is 1. The van der Waals surface area contributed by atoms with Crippen molar-refractivity contribution in [2.75, 3.05) is 11.9 Å². The average Bonchev–Trinajstić information content (AvgIpc) is 2.90. The van der Waals surface area contributed by atoms with Gasteiger partial charge in [-0.05, 0) is 19.1 Å². The van der Waals surface area contributed by atoms with Crippen LogP contribution in [0.25, 0.3) is 0 Å². The number of nitrogens with zero attached hydrogens (tertiary/aromatic N) is 1. The summed E-state index contributed by atoms with van der Waals surface area (Å²) in [5, 5.41) is 3.12. The van der Waals surface area contributed by atoms with Crippen LogP contribution in [0.15, 0.2) is 41.3 Å². The van der Waals surface area contributed by atoms with Gasteiger partial charge in [-0.3, -0.25) is 0 Å². The fraction of sp³-hybridized carbons (Fsp3) is 0.231. The molecule has 5 heteroatoms. The number of benzene rings is 1. The van der Waals surface area contributed by atoms with Gasteiger partial charge in [0.15, 0.2) is 6.39 Å². The van der Waals surface area contributed by atoms with Crippen LogP contribution in [0.4, 0.5) is 5.69 Å². The molecule has 0 saturated heterocycles. The van der Waals surface area contributed by atoms with Crippen LogP contribution < -0.4 is 5.32 Å². The highest BCUT2D eigenvalue weighted by atomic mass is 16.5. The quantitative estimate of drug-likeness (QED) is 0.821. The second kappa shape index (κ2) is 5.86. The highest BCUT2D eigenvalue weighted by Crippen LogP contribution is 2.17. The number of aromatic nitrogens is 1. The Hall–Kier alpha value is -2.30. The van der Waals surface area contributed by atoms with Crippen molar-refractivity contribution in [2.24, 2.45) is 0 Å². The van der Waals surface area contributed by atoms with Gasteiger partial charge in [-0.1, -0.05) is 12.1 Å². The highest BCUT2D eigenvalue weighted by molar-refractivity contribution is 5.95. The molecule has 0 amide bonds. The van der Waals surface area contributed by atoms with Gasteiger partial charge in [0.25, 0.3) is 0 Å². The van der Waals surface area contributed by atoms with Gasteiger partial charge in [0.2, 0.25) is 0 Å². The van der Waals surface area contributed by atoms with Crippen molar-refractivity contribution < 1.29 is 13.9 Å². The molecule has 0 saturated carbocycles. The number of carbonyl (C=O) groups excluding carboxylic acids is 1. The van der Waals surface area contributed by atoms with Gasteiger partial charge in [-0.25, -0.2) is 9.78 Å². The summed E-state index contributed by atoms with van der Waals surface area (Å²) < 4.78 is 10.1. The average molecular weight is 246 g/mol. The number of ether oxygens (including phenoxy) is 1. The molecule has 0 fully saturated rings. The molecule has 2 aromatic rings. The summed E-state index contributed by atoms with van der Waals surface area (Å²) in [5.41, 5.74) is 1.23. The second-order valence-electron chi connectivity index (χ2n) is 3.59. The first-order valence-corrected chi connectivity index (χ1v) is 5.68. The van der Waals surface area contributed by atoms with Crippen LogP contribution in [0, 0.1) is 0 Å². The lowest BCUT2D eigenvalue weighted by atomic mass is 10.2. The first kappa shape index (κ1) is 12.2. The Kier molecular flexibility index (Phi) is 3.96. The van der Waals surface area contributed by atoms with E-state index in [2.05, 4.69) is 10.3 Å². The van der Waals surface area contributed by atoms with Crippen molar-refractivity contribution in [3.05, 3.63) is 48.2 Å². The molecule has 0 aliphatic heterocycles. The molecule has 1 aromatic heterocycles. The fourth-order valence-electron chi connectivity index (χ4n) is 1.54. The van der Waals surface area contributed by atoms with Crippen molar-refractivity contribution in [3.8, 4) is 0 Å². The van der Waals surface area contributed by atoms with Crippen LogP contribution in [0.1, 0.15) is 23.0 Å². The minimum atomic E-state index is -0.335. The lowest BCUT2D eigenvalue weighted by Crippen LogP contribution is -2.09. The molecule has 0 radical (unpaired) electrons. The number of hydrogen-bond acceptors (Lipinski definition) is 5. The van der Waals surface area contributed by atoms with E-state index in [1.54, 1.807) is 25.3 Å². The largest absolute Gasteiger partial charge is 0.462 e. The molecule has 0 aliphatic carbocycles. The third-order valence-electron chi connectivity index (χ3n) is 2.36. The number of oxazole rings is 1. The molecule has 94 valence electrons. The Morgan fingerprint density at radius 3 is 3.00 bits per heavy atom. The third-order valence-corrected chi connectivity index (χ3v) is 2.36. The molecule has 2 rings (SSSR count). The van der Waals surface area contributed by atoms with Crippen LogP contribution in [0.3, 0.4) is 0 Å². The fourth-order valence-corrected chi connectivity index (χ4v) is 1.54. The van der Waals surface area contributed by atoms with Crippen molar-refractivity contribution in [1.82, 2.24) is 4.98 Å². The molecule has 0 unspecified atom stereocenters. The first-order chi connectivity index (χ1) is 8.81. The van der Waals surface area contributed by atoms with Crippen LogP contribution in [0.2, 0.25) is 0 Å². The molecular weight excluding hydrogens is 232 g/mol. The molecule has 0 bridgehead atoms.